The fourth-order valence-electron chi connectivity index (χ4n) is 2.59. The third-order valence-corrected chi connectivity index (χ3v) is 6.90. The van der Waals surface area contributed by atoms with Crippen LogP contribution in [0.4, 0.5) is 0 Å². The molecule has 1 aromatic carbocycles. The van der Waals surface area contributed by atoms with Gasteiger partial charge in [-0.05, 0) is 35.2 Å². The van der Waals surface area contributed by atoms with Gasteiger partial charge >= 0.3 is 0 Å². The summed E-state index contributed by atoms with van der Waals surface area (Å²) in [4.78, 5) is 17.4. The lowest BCUT2D eigenvalue weighted by Crippen LogP contribution is -2.32. The molecule has 134 valence electrons. The topological polar surface area (TPSA) is 76.1 Å². The smallest absolute Gasteiger partial charge is 0.225 e. The average molecular weight is 386 g/mol. The molecule has 1 atom stereocenters. The van der Waals surface area contributed by atoms with E-state index >= 15 is 0 Å². The van der Waals surface area contributed by atoms with Crippen LogP contribution in [0.3, 0.4) is 0 Å². The molecule has 0 bridgehead atoms. The van der Waals surface area contributed by atoms with Gasteiger partial charge in [0, 0.05) is 23.8 Å². The zero-order chi connectivity index (χ0) is 18.4. The molecule has 0 radical (unpaired) electrons. The van der Waals surface area contributed by atoms with E-state index in [9.17, 15) is 13.2 Å². The van der Waals surface area contributed by atoms with Crippen molar-refractivity contribution >= 4 is 27.1 Å². The quantitative estimate of drug-likeness (QED) is 0.677. The number of thiophene rings is 1. The molecule has 0 unspecified atom stereocenters. The molecule has 3 aromatic rings. The lowest BCUT2D eigenvalue weighted by atomic mass is 10.2. The second-order valence-corrected chi connectivity index (χ2v) is 8.86. The zero-order valence-electron chi connectivity index (χ0n) is 13.9. The SMILES string of the molecule is O=C(Cc1cccs1)NC[C@H](c1cccnc1)S(=O)(=O)c1ccccc1. The normalized spacial score (nSPS) is 12.5. The second kappa shape index (κ2) is 8.25. The van der Waals surface area contributed by atoms with Crippen molar-refractivity contribution < 1.29 is 13.2 Å². The van der Waals surface area contributed by atoms with Gasteiger partial charge in [0.15, 0.2) is 9.84 Å². The Labute approximate surface area is 156 Å². The molecule has 3 rings (SSSR count). The van der Waals surface area contributed by atoms with E-state index in [1.54, 1.807) is 48.7 Å². The first-order chi connectivity index (χ1) is 12.6. The average Bonchev–Trinajstić information content (AvgIpc) is 3.16. The van der Waals surface area contributed by atoms with Gasteiger partial charge in [0.05, 0.1) is 11.3 Å². The minimum absolute atomic E-state index is 0.00682. The molecule has 0 fully saturated rings. The van der Waals surface area contributed by atoms with Crippen molar-refractivity contribution in [3.05, 3.63) is 82.8 Å². The fourth-order valence-corrected chi connectivity index (χ4v) is 4.96. The number of benzene rings is 1. The highest BCUT2D eigenvalue weighted by molar-refractivity contribution is 7.91. The van der Waals surface area contributed by atoms with E-state index in [1.807, 2.05) is 17.5 Å². The largest absolute Gasteiger partial charge is 0.354 e. The van der Waals surface area contributed by atoms with Crippen LogP contribution in [0, 0.1) is 0 Å². The highest BCUT2D eigenvalue weighted by Gasteiger charge is 2.29. The Morgan fingerprint density at radius 2 is 1.88 bits per heavy atom. The number of hydrogen-bond acceptors (Lipinski definition) is 5. The molecule has 0 saturated heterocycles. The van der Waals surface area contributed by atoms with Gasteiger partial charge in [-0.1, -0.05) is 30.3 Å². The van der Waals surface area contributed by atoms with Crippen molar-refractivity contribution in [2.24, 2.45) is 0 Å². The maximum atomic E-state index is 13.1. The first kappa shape index (κ1) is 18.3. The van der Waals surface area contributed by atoms with Gasteiger partial charge in [0.1, 0.15) is 5.25 Å². The predicted octanol–water partition coefficient (Wildman–Crippen LogP) is 3.02. The molecule has 0 aliphatic heterocycles. The zero-order valence-corrected chi connectivity index (χ0v) is 15.5. The Morgan fingerprint density at radius 1 is 1.08 bits per heavy atom. The molecule has 0 aliphatic rings. The Balaban J connectivity index is 1.82. The highest BCUT2D eigenvalue weighted by Crippen LogP contribution is 2.28. The van der Waals surface area contributed by atoms with Crippen LogP contribution in [0.5, 0.6) is 0 Å². The van der Waals surface area contributed by atoms with Crippen LogP contribution in [0.2, 0.25) is 0 Å². The van der Waals surface area contributed by atoms with Gasteiger partial charge in [0.2, 0.25) is 5.91 Å². The fraction of sp³-hybridized carbons (Fsp3) is 0.158. The van der Waals surface area contributed by atoms with Crippen molar-refractivity contribution in [1.82, 2.24) is 10.3 Å². The van der Waals surface area contributed by atoms with Gasteiger partial charge < -0.3 is 5.32 Å². The third kappa shape index (κ3) is 4.36. The molecule has 5 nitrogen and oxygen atoms in total. The standard InChI is InChI=1S/C19H18N2O3S2/c22-19(12-16-7-5-11-25-16)21-14-18(15-6-4-10-20-13-15)26(23,24)17-8-2-1-3-9-17/h1-11,13,18H,12,14H2,(H,21,22)/t18-/m1/s1. The third-order valence-electron chi connectivity index (χ3n) is 3.90. The van der Waals surface area contributed by atoms with Gasteiger partial charge in [0.25, 0.3) is 0 Å². The molecular weight excluding hydrogens is 368 g/mol. The van der Waals surface area contributed by atoms with Crippen molar-refractivity contribution in [3.8, 4) is 0 Å². The van der Waals surface area contributed by atoms with Crippen LogP contribution in [-0.4, -0.2) is 25.9 Å². The second-order valence-electron chi connectivity index (χ2n) is 5.69. The summed E-state index contributed by atoms with van der Waals surface area (Å²) in [7, 11) is -3.66. The Bertz CT molecular complexity index is 941. The van der Waals surface area contributed by atoms with Crippen LogP contribution < -0.4 is 5.32 Å². The van der Waals surface area contributed by atoms with E-state index in [0.717, 1.165) is 4.88 Å². The van der Waals surface area contributed by atoms with Gasteiger partial charge in [-0.15, -0.1) is 11.3 Å². The monoisotopic (exact) mass is 386 g/mol. The van der Waals surface area contributed by atoms with Crippen LogP contribution in [0.15, 0.2) is 77.3 Å². The minimum atomic E-state index is -3.66. The summed E-state index contributed by atoms with van der Waals surface area (Å²) >= 11 is 1.50. The molecule has 2 aromatic heterocycles. The molecule has 1 amide bonds. The van der Waals surface area contributed by atoms with Crippen molar-refractivity contribution in [1.29, 1.82) is 0 Å². The Morgan fingerprint density at radius 3 is 2.54 bits per heavy atom. The first-order valence-corrected chi connectivity index (χ1v) is 10.5. The molecule has 7 heteroatoms. The maximum absolute atomic E-state index is 13.1. The number of pyridine rings is 1. The summed E-state index contributed by atoms with van der Waals surface area (Å²) in [6.45, 7) is -0.00682. The summed E-state index contributed by atoms with van der Waals surface area (Å²) in [6.07, 6.45) is 3.35. The summed E-state index contributed by atoms with van der Waals surface area (Å²) < 4.78 is 26.2. The number of hydrogen-bond donors (Lipinski definition) is 1. The van der Waals surface area contributed by atoms with E-state index in [0.29, 0.717) is 5.56 Å². The number of carbonyl (C=O) groups is 1. The summed E-state index contributed by atoms with van der Waals surface area (Å²) in [5, 5.41) is 3.76. The van der Waals surface area contributed by atoms with E-state index in [4.69, 9.17) is 0 Å². The van der Waals surface area contributed by atoms with Gasteiger partial charge in [-0.2, -0.15) is 0 Å². The summed E-state index contributed by atoms with van der Waals surface area (Å²) in [5.74, 6) is -0.204. The number of rotatable bonds is 7. The van der Waals surface area contributed by atoms with Crippen LogP contribution in [0.25, 0.3) is 0 Å². The van der Waals surface area contributed by atoms with Crippen LogP contribution in [-0.2, 0) is 21.1 Å². The van der Waals surface area contributed by atoms with Crippen molar-refractivity contribution in [3.63, 3.8) is 0 Å². The number of nitrogens with one attached hydrogen (secondary N) is 1. The molecule has 0 saturated carbocycles. The number of nitrogens with zero attached hydrogens (tertiary/aromatic N) is 1. The Kier molecular flexibility index (Phi) is 5.80. The Hall–Kier alpha value is -2.51. The molecule has 0 aliphatic carbocycles. The van der Waals surface area contributed by atoms with E-state index in [-0.39, 0.29) is 23.8 Å². The lowest BCUT2D eigenvalue weighted by Gasteiger charge is -2.18. The molecule has 26 heavy (non-hydrogen) atoms. The number of sulfone groups is 1. The number of amides is 1. The number of aromatic nitrogens is 1. The van der Waals surface area contributed by atoms with E-state index in [1.165, 1.54) is 17.5 Å². The lowest BCUT2D eigenvalue weighted by molar-refractivity contribution is -0.120. The maximum Gasteiger partial charge on any atom is 0.225 e. The van der Waals surface area contributed by atoms with E-state index < -0.39 is 15.1 Å². The van der Waals surface area contributed by atoms with Gasteiger partial charge in [-0.25, -0.2) is 8.42 Å². The first-order valence-electron chi connectivity index (χ1n) is 8.05. The summed E-state index contributed by atoms with van der Waals surface area (Å²) in [6, 6.07) is 15.4. The van der Waals surface area contributed by atoms with Crippen molar-refractivity contribution in [2.75, 3.05) is 6.54 Å². The minimum Gasteiger partial charge on any atom is -0.354 e. The van der Waals surface area contributed by atoms with Crippen LogP contribution in [0.1, 0.15) is 15.7 Å². The summed E-state index contributed by atoms with van der Waals surface area (Å²) in [5.41, 5.74) is 0.549. The molecule has 0 spiro atoms. The number of carbonyl (C=O) groups excluding carboxylic acids is 1. The van der Waals surface area contributed by atoms with E-state index in [2.05, 4.69) is 10.3 Å². The molecular formula is C19H18N2O3S2. The molecule has 1 N–H and O–H groups in total. The molecule has 2 heterocycles. The van der Waals surface area contributed by atoms with Crippen LogP contribution >= 0.6 is 11.3 Å². The van der Waals surface area contributed by atoms with Crippen molar-refractivity contribution in [2.45, 2.75) is 16.6 Å². The highest BCUT2D eigenvalue weighted by atomic mass is 32.2. The van der Waals surface area contributed by atoms with Gasteiger partial charge in [-0.3, -0.25) is 9.78 Å². The predicted molar refractivity (Wildman–Crippen MR) is 102 cm³/mol.